The summed E-state index contributed by atoms with van der Waals surface area (Å²) in [6.45, 7) is 1.02. The van der Waals surface area contributed by atoms with E-state index in [0.717, 1.165) is 10.1 Å². The number of thioether (sulfide) groups is 1. The minimum Gasteiger partial charge on any atom is -0.492 e. The smallest absolute Gasteiger partial charge is 0.226 e. The first kappa shape index (κ1) is 20.3. The van der Waals surface area contributed by atoms with Gasteiger partial charge >= 0.3 is 0 Å². The molecular formula is C15H17Cl2N3O3S2. The highest BCUT2D eigenvalue weighted by Gasteiger charge is 2.09. The zero-order valence-corrected chi connectivity index (χ0v) is 16.6. The third kappa shape index (κ3) is 7.37. The van der Waals surface area contributed by atoms with Crippen molar-refractivity contribution in [2.24, 2.45) is 0 Å². The summed E-state index contributed by atoms with van der Waals surface area (Å²) in [6.07, 6.45) is 0.871. The van der Waals surface area contributed by atoms with E-state index in [4.69, 9.17) is 32.7 Å². The normalized spacial score (nSPS) is 10.7. The molecule has 0 unspecified atom stereocenters. The first-order valence-electron chi connectivity index (χ1n) is 7.41. The zero-order chi connectivity index (χ0) is 18.1. The van der Waals surface area contributed by atoms with E-state index in [9.17, 15) is 4.79 Å². The van der Waals surface area contributed by atoms with Crippen molar-refractivity contribution in [2.75, 3.05) is 31.4 Å². The molecule has 1 aromatic carbocycles. The Hall–Kier alpha value is -1.06. The fourth-order valence-corrected chi connectivity index (χ4v) is 3.92. The molecular weight excluding hydrogens is 405 g/mol. The summed E-state index contributed by atoms with van der Waals surface area (Å²) in [7, 11) is 1.65. The number of methoxy groups -OCH3 is 1. The number of amides is 1. The summed E-state index contributed by atoms with van der Waals surface area (Å²) in [4.78, 5) is 11.9. The van der Waals surface area contributed by atoms with Gasteiger partial charge in [0, 0.05) is 24.3 Å². The molecule has 10 heteroatoms. The van der Waals surface area contributed by atoms with Crippen molar-refractivity contribution in [2.45, 2.75) is 17.2 Å². The first-order valence-corrected chi connectivity index (χ1v) is 9.97. The topological polar surface area (TPSA) is 73.3 Å². The van der Waals surface area contributed by atoms with Crippen LogP contribution >= 0.6 is 46.3 Å². The standard InChI is InChI=1S/C15H17Cl2N3O3S2/c1-22-7-8-24-15-20-19-14(25-15)18-13(21)3-2-6-23-12-5-4-10(16)9-11(12)17/h4-5,9H,2-3,6-8H2,1H3,(H,18,19,21). The molecule has 0 atom stereocenters. The van der Waals surface area contributed by atoms with Crippen molar-refractivity contribution in [3.8, 4) is 5.75 Å². The number of rotatable bonds is 10. The molecule has 1 N–H and O–H groups in total. The van der Waals surface area contributed by atoms with Crippen LogP contribution in [0.2, 0.25) is 10.0 Å². The highest BCUT2D eigenvalue weighted by Crippen LogP contribution is 2.28. The van der Waals surface area contributed by atoms with Crippen molar-refractivity contribution >= 4 is 57.3 Å². The van der Waals surface area contributed by atoms with Crippen LogP contribution < -0.4 is 10.1 Å². The number of anilines is 1. The van der Waals surface area contributed by atoms with Crippen molar-refractivity contribution in [1.82, 2.24) is 10.2 Å². The Kier molecular flexibility index (Phi) is 8.77. The highest BCUT2D eigenvalue weighted by atomic mass is 35.5. The molecule has 25 heavy (non-hydrogen) atoms. The van der Waals surface area contributed by atoms with Gasteiger partial charge in [-0.1, -0.05) is 46.3 Å². The predicted octanol–water partition coefficient (Wildman–Crippen LogP) is 4.38. The predicted molar refractivity (Wildman–Crippen MR) is 102 cm³/mol. The van der Waals surface area contributed by atoms with E-state index in [1.807, 2.05) is 0 Å². The van der Waals surface area contributed by atoms with E-state index < -0.39 is 0 Å². The van der Waals surface area contributed by atoms with Crippen LogP contribution in [-0.2, 0) is 9.53 Å². The molecule has 1 amide bonds. The molecule has 0 aliphatic heterocycles. The molecule has 2 rings (SSSR count). The number of hydrogen-bond acceptors (Lipinski definition) is 7. The van der Waals surface area contributed by atoms with Gasteiger partial charge in [0.05, 0.1) is 18.2 Å². The third-order valence-corrected chi connectivity index (χ3v) is 5.33. The van der Waals surface area contributed by atoms with Gasteiger partial charge in [-0.25, -0.2) is 0 Å². The Morgan fingerprint density at radius 2 is 2.16 bits per heavy atom. The van der Waals surface area contributed by atoms with Crippen molar-refractivity contribution < 1.29 is 14.3 Å². The summed E-state index contributed by atoms with van der Waals surface area (Å²) in [5.74, 6) is 1.22. The van der Waals surface area contributed by atoms with Crippen LogP contribution in [0, 0.1) is 0 Å². The lowest BCUT2D eigenvalue weighted by Crippen LogP contribution is -2.12. The Balaban J connectivity index is 1.67. The maximum absolute atomic E-state index is 11.9. The fraction of sp³-hybridized carbons (Fsp3) is 0.400. The second kappa shape index (κ2) is 10.8. The number of hydrogen-bond donors (Lipinski definition) is 1. The number of carbonyl (C=O) groups is 1. The van der Waals surface area contributed by atoms with Crippen LogP contribution in [0.5, 0.6) is 5.75 Å². The van der Waals surface area contributed by atoms with E-state index >= 15 is 0 Å². The van der Waals surface area contributed by atoms with Gasteiger partial charge in [-0.05, 0) is 24.6 Å². The number of benzene rings is 1. The fourth-order valence-electron chi connectivity index (χ4n) is 1.72. The number of ether oxygens (including phenoxy) is 2. The number of carbonyl (C=O) groups excluding carboxylic acids is 1. The summed E-state index contributed by atoms with van der Waals surface area (Å²) in [6, 6.07) is 5.02. The SMILES string of the molecule is COCCSc1nnc(NC(=O)CCCOc2ccc(Cl)cc2Cl)s1. The van der Waals surface area contributed by atoms with Crippen molar-refractivity contribution in [3.05, 3.63) is 28.2 Å². The molecule has 0 aliphatic rings. The van der Waals surface area contributed by atoms with Gasteiger partial charge in [0.15, 0.2) is 4.34 Å². The molecule has 0 saturated heterocycles. The molecule has 0 spiro atoms. The number of halogens is 2. The van der Waals surface area contributed by atoms with Crippen LogP contribution in [0.3, 0.4) is 0 Å². The molecule has 6 nitrogen and oxygen atoms in total. The van der Waals surface area contributed by atoms with E-state index in [1.165, 1.54) is 11.3 Å². The number of nitrogens with zero attached hydrogens (tertiary/aromatic N) is 2. The van der Waals surface area contributed by atoms with Crippen LogP contribution in [0.25, 0.3) is 0 Å². The number of nitrogens with one attached hydrogen (secondary N) is 1. The molecule has 0 fully saturated rings. The van der Waals surface area contributed by atoms with E-state index in [-0.39, 0.29) is 5.91 Å². The average molecular weight is 422 g/mol. The summed E-state index contributed by atoms with van der Waals surface area (Å²) in [5, 5.41) is 12.2. The lowest BCUT2D eigenvalue weighted by molar-refractivity contribution is -0.116. The Morgan fingerprint density at radius 1 is 1.32 bits per heavy atom. The van der Waals surface area contributed by atoms with E-state index in [2.05, 4.69) is 15.5 Å². The third-order valence-electron chi connectivity index (χ3n) is 2.87. The van der Waals surface area contributed by atoms with E-state index in [1.54, 1.807) is 37.1 Å². The van der Waals surface area contributed by atoms with Crippen LogP contribution in [0.1, 0.15) is 12.8 Å². The first-order chi connectivity index (χ1) is 12.1. The maximum Gasteiger partial charge on any atom is 0.226 e. The lowest BCUT2D eigenvalue weighted by atomic mass is 10.3. The molecule has 1 aromatic heterocycles. The molecule has 0 saturated carbocycles. The molecule has 0 radical (unpaired) electrons. The van der Waals surface area contributed by atoms with Gasteiger partial charge in [0.2, 0.25) is 11.0 Å². The Morgan fingerprint density at radius 3 is 2.92 bits per heavy atom. The van der Waals surface area contributed by atoms with Crippen molar-refractivity contribution in [3.63, 3.8) is 0 Å². The van der Waals surface area contributed by atoms with E-state index in [0.29, 0.717) is 47.0 Å². The summed E-state index contributed by atoms with van der Waals surface area (Å²) < 4.78 is 11.3. The van der Waals surface area contributed by atoms with Gasteiger partial charge in [0.1, 0.15) is 5.75 Å². The Labute approximate surface area is 164 Å². The second-order valence-corrected chi connectivity index (χ2v) is 7.95. The second-order valence-electron chi connectivity index (χ2n) is 4.79. The maximum atomic E-state index is 11.9. The van der Waals surface area contributed by atoms with Crippen LogP contribution in [0.4, 0.5) is 5.13 Å². The summed E-state index contributed by atoms with van der Waals surface area (Å²) in [5.41, 5.74) is 0. The average Bonchev–Trinajstić information content (AvgIpc) is 3.01. The minimum atomic E-state index is -0.129. The quantitative estimate of drug-likeness (QED) is 0.348. The lowest BCUT2D eigenvalue weighted by Gasteiger charge is -2.07. The molecule has 2 aromatic rings. The molecule has 1 heterocycles. The van der Waals surface area contributed by atoms with Gasteiger partial charge in [-0.15, -0.1) is 10.2 Å². The zero-order valence-electron chi connectivity index (χ0n) is 13.5. The van der Waals surface area contributed by atoms with Crippen LogP contribution in [-0.4, -0.2) is 42.2 Å². The van der Waals surface area contributed by atoms with Gasteiger partial charge in [0.25, 0.3) is 0 Å². The molecule has 0 bridgehead atoms. The van der Waals surface area contributed by atoms with Crippen molar-refractivity contribution in [1.29, 1.82) is 0 Å². The minimum absolute atomic E-state index is 0.129. The van der Waals surface area contributed by atoms with Crippen LogP contribution in [0.15, 0.2) is 22.5 Å². The summed E-state index contributed by atoms with van der Waals surface area (Å²) >= 11 is 14.7. The van der Waals surface area contributed by atoms with Gasteiger partial charge in [-0.2, -0.15) is 0 Å². The largest absolute Gasteiger partial charge is 0.492 e. The monoisotopic (exact) mass is 421 g/mol. The Bertz CT molecular complexity index is 700. The van der Waals surface area contributed by atoms with Gasteiger partial charge in [-0.3, -0.25) is 4.79 Å². The molecule has 0 aliphatic carbocycles. The van der Waals surface area contributed by atoms with Gasteiger partial charge < -0.3 is 14.8 Å². The molecule has 136 valence electrons. The highest BCUT2D eigenvalue weighted by molar-refractivity contribution is 8.01. The number of aromatic nitrogens is 2.